The summed E-state index contributed by atoms with van der Waals surface area (Å²) in [5, 5.41) is 3.22. The number of halogens is 3. The van der Waals surface area contributed by atoms with Crippen LogP contribution in [0.3, 0.4) is 0 Å². The van der Waals surface area contributed by atoms with Crippen molar-refractivity contribution in [3.8, 4) is 11.5 Å². The number of alkyl halides is 3. The summed E-state index contributed by atoms with van der Waals surface area (Å²) in [6.07, 6.45) is -3.97. The Hall–Kier alpha value is -1.43. The predicted molar refractivity (Wildman–Crippen MR) is 75.5 cm³/mol. The minimum absolute atomic E-state index is 0.104. The number of hydrogen-bond donors (Lipinski definition) is 1. The number of hydrogen-bond acceptors (Lipinski definition) is 3. The monoisotopic (exact) mass is 305 g/mol. The van der Waals surface area contributed by atoms with E-state index in [0.717, 1.165) is 13.0 Å². The van der Waals surface area contributed by atoms with Gasteiger partial charge in [-0.25, -0.2) is 0 Å². The van der Waals surface area contributed by atoms with Gasteiger partial charge in [0.1, 0.15) is 6.10 Å². The van der Waals surface area contributed by atoms with E-state index in [9.17, 15) is 13.2 Å². The minimum atomic E-state index is -4.73. The van der Waals surface area contributed by atoms with Crippen molar-refractivity contribution in [2.75, 3.05) is 13.1 Å². The summed E-state index contributed by atoms with van der Waals surface area (Å²) in [6.45, 7) is 7.39. The zero-order valence-corrected chi connectivity index (χ0v) is 12.5. The van der Waals surface area contributed by atoms with Gasteiger partial charge in [0, 0.05) is 6.54 Å². The standard InChI is InChI=1S/C15H22F3NO2/c1-4-9-19-10-14(11(2)3)20-12-7-5-6-8-13(12)21-15(16,17)18/h5-8,11,14,19H,4,9-10H2,1-3H3. The van der Waals surface area contributed by atoms with Crippen LogP contribution in [0.15, 0.2) is 24.3 Å². The highest BCUT2D eigenvalue weighted by molar-refractivity contribution is 5.39. The quantitative estimate of drug-likeness (QED) is 0.737. The second-order valence-electron chi connectivity index (χ2n) is 5.10. The van der Waals surface area contributed by atoms with Crippen molar-refractivity contribution in [1.82, 2.24) is 5.32 Å². The van der Waals surface area contributed by atoms with E-state index in [1.54, 1.807) is 6.07 Å². The van der Waals surface area contributed by atoms with Gasteiger partial charge in [0.15, 0.2) is 11.5 Å². The summed E-state index contributed by atoms with van der Waals surface area (Å²) in [4.78, 5) is 0. The fourth-order valence-corrected chi connectivity index (χ4v) is 1.75. The van der Waals surface area contributed by atoms with Gasteiger partial charge < -0.3 is 14.8 Å². The average Bonchev–Trinajstić information content (AvgIpc) is 2.38. The molecule has 0 radical (unpaired) electrons. The van der Waals surface area contributed by atoms with Crippen LogP contribution in [0.2, 0.25) is 0 Å². The molecule has 0 spiro atoms. The van der Waals surface area contributed by atoms with Crippen molar-refractivity contribution in [1.29, 1.82) is 0 Å². The molecule has 1 N–H and O–H groups in total. The van der Waals surface area contributed by atoms with Gasteiger partial charge in [0.05, 0.1) is 0 Å². The van der Waals surface area contributed by atoms with E-state index in [0.29, 0.717) is 6.54 Å². The summed E-state index contributed by atoms with van der Waals surface area (Å²) < 4.78 is 46.8. The number of ether oxygens (including phenoxy) is 2. The van der Waals surface area contributed by atoms with Crippen LogP contribution < -0.4 is 14.8 Å². The molecule has 1 aromatic rings. The number of rotatable bonds is 8. The average molecular weight is 305 g/mol. The van der Waals surface area contributed by atoms with Crippen molar-refractivity contribution in [2.45, 2.75) is 39.7 Å². The lowest BCUT2D eigenvalue weighted by Gasteiger charge is -2.24. The molecule has 120 valence electrons. The van der Waals surface area contributed by atoms with Gasteiger partial charge in [0.25, 0.3) is 0 Å². The topological polar surface area (TPSA) is 30.5 Å². The molecule has 1 rings (SSSR count). The molecule has 1 aromatic carbocycles. The molecule has 1 unspecified atom stereocenters. The first kappa shape index (κ1) is 17.6. The van der Waals surface area contributed by atoms with Crippen molar-refractivity contribution < 1.29 is 22.6 Å². The number of benzene rings is 1. The minimum Gasteiger partial charge on any atom is -0.485 e. The summed E-state index contributed by atoms with van der Waals surface area (Å²) in [5.74, 6) is -0.0498. The highest BCUT2D eigenvalue weighted by atomic mass is 19.4. The zero-order valence-electron chi connectivity index (χ0n) is 12.5. The second kappa shape index (κ2) is 8.12. The van der Waals surface area contributed by atoms with Crippen molar-refractivity contribution in [3.05, 3.63) is 24.3 Å². The maximum Gasteiger partial charge on any atom is 0.573 e. The molecule has 0 saturated heterocycles. The van der Waals surface area contributed by atoms with Crippen LogP contribution in [0.4, 0.5) is 13.2 Å². The molecule has 3 nitrogen and oxygen atoms in total. The first-order valence-corrected chi connectivity index (χ1v) is 7.05. The van der Waals surface area contributed by atoms with E-state index in [-0.39, 0.29) is 23.5 Å². The summed E-state index contributed by atoms with van der Waals surface area (Å²) in [7, 11) is 0. The van der Waals surface area contributed by atoms with E-state index < -0.39 is 6.36 Å². The van der Waals surface area contributed by atoms with E-state index >= 15 is 0 Å². The Morgan fingerprint density at radius 1 is 1.14 bits per heavy atom. The van der Waals surface area contributed by atoms with Crippen molar-refractivity contribution >= 4 is 0 Å². The van der Waals surface area contributed by atoms with E-state index in [1.807, 2.05) is 20.8 Å². The first-order valence-electron chi connectivity index (χ1n) is 7.05. The first-order chi connectivity index (χ1) is 9.83. The molecule has 0 aliphatic carbocycles. The molecular formula is C15H22F3NO2. The predicted octanol–water partition coefficient (Wildman–Crippen LogP) is 3.99. The Morgan fingerprint density at radius 2 is 1.76 bits per heavy atom. The van der Waals surface area contributed by atoms with Gasteiger partial charge >= 0.3 is 6.36 Å². The molecule has 21 heavy (non-hydrogen) atoms. The van der Waals surface area contributed by atoms with Crippen LogP contribution in [0, 0.1) is 5.92 Å². The molecule has 0 bridgehead atoms. The van der Waals surface area contributed by atoms with Crippen molar-refractivity contribution in [2.24, 2.45) is 5.92 Å². The Bertz CT molecular complexity index is 422. The molecule has 0 fully saturated rings. The van der Waals surface area contributed by atoms with Gasteiger partial charge in [-0.2, -0.15) is 0 Å². The summed E-state index contributed by atoms with van der Waals surface area (Å²) >= 11 is 0. The third kappa shape index (κ3) is 6.71. The van der Waals surface area contributed by atoms with Gasteiger partial charge in [-0.3, -0.25) is 0 Å². The Labute approximate surface area is 123 Å². The Kier molecular flexibility index (Phi) is 6.81. The lowest BCUT2D eigenvalue weighted by molar-refractivity contribution is -0.275. The molecule has 0 aromatic heterocycles. The van der Waals surface area contributed by atoms with Gasteiger partial charge in [-0.15, -0.1) is 13.2 Å². The molecule has 6 heteroatoms. The van der Waals surface area contributed by atoms with E-state index in [2.05, 4.69) is 10.1 Å². The van der Waals surface area contributed by atoms with Gasteiger partial charge in [0.2, 0.25) is 0 Å². The summed E-state index contributed by atoms with van der Waals surface area (Å²) in [6, 6.07) is 5.83. The molecule has 1 atom stereocenters. The van der Waals surface area contributed by atoms with Crippen LogP contribution in [0.25, 0.3) is 0 Å². The number of nitrogens with one attached hydrogen (secondary N) is 1. The largest absolute Gasteiger partial charge is 0.573 e. The molecule has 0 heterocycles. The lowest BCUT2D eigenvalue weighted by atomic mass is 10.1. The van der Waals surface area contributed by atoms with Crippen molar-refractivity contribution in [3.63, 3.8) is 0 Å². The fourth-order valence-electron chi connectivity index (χ4n) is 1.75. The maximum atomic E-state index is 12.4. The normalized spacial score (nSPS) is 13.3. The SMILES string of the molecule is CCCNCC(Oc1ccccc1OC(F)(F)F)C(C)C. The summed E-state index contributed by atoms with van der Waals surface area (Å²) in [5.41, 5.74) is 0. The third-order valence-electron chi connectivity index (χ3n) is 2.87. The van der Waals surface area contributed by atoms with Crippen LogP contribution in [0.1, 0.15) is 27.2 Å². The molecule has 0 amide bonds. The van der Waals surface area contributed by atoms with Crippen LogP contribution >= 0.6 is 0 Å². The smallest absolute Gasteiger partial charge is 0.485 e. The molecular weight excluding hydrogens is 283 g/mol. The number of para-hydroxylation sites is 2. The van der Waals surface area contributed by atoms with E-state index in [4.69, 9.17) is 4.74 Å². The van der Waals surface area contributed by atoms with Crippen LogP contribution in [-0.2, 0) is 0 Å². The zero-order chi connectivity index (χ0) is 15.9. The van der Waals surface area contributed by atoms with E-state index in [1.165, 1.54) is 18.2 Å². The second-order valence-corrected chi connectivity index (χ2v) is 5.10. The lowest BCUT2D eigenvalue weighted by Crippen LogP contribution is -2.36. The molecule has 0 aliphatic rings. The van der Waals surface area contributed by atoms with Crippen LogP contribution in [-0.4, -0.2) is 25.6 Å². The van der Waals surface area contributed by atoms with Crippen LogP contribution in [0.5, 0.6) is 11.5 Å². The fraction of sp³-hybridized carbons (Fsp3) is 0.600. The Balaban J connectivity index is 2.78. The molecule has 0 aliphatic heterocycles. The molecule has 0 saturated carbocycles. The van der Waals surface area contributed by atoms with Gasteiger partial charge in [-0.05, 0) is 31.0 Å². The van der Waals surface area contributed by atoms with Gasteiger partial charge in [-0.1, -0.05) is 32.9 Å². The highest BCUT2D eigenvalue weighted by Crippen LogP contribution is 2.33. The third-order valence-corrected chi connectivity index (χ3v) is 2.87. The maximum absolute atomic E-state index is 12.4. The highest BCUT2D eigenvalue weighted by Gasteiger charge is 2.32. The Morgan fingerprint density at radius 3 is 2.29 bits per heavy atom.